The Morgan fingerprint density at radius 3 is 2.70 bits per heavy atom. The minimum absolute atomic E-state index is 0.501. The van der Waals surface area contributed by atoms with E-state index in [1.807, 2.05) is 18.3 Å². The molecular formula is C17H21ClN2. The zero-order chi connectivity index (χ0) is 15.0. The third-order valence-electron chi connectivity index (χ3n) is 3.15. The van der Waals surface area contributed by atoms with Crippen molar-refractivity contribution < 1.29 is 0 Å². The van der Waals surface area contributed by atoms with Gasteiger partial charge in [0, 0.05) is 6.54 Å². The fourth-order valence-electron chi connectivity index (χ4n) is 1.82. The molecule has 1 rings (SSSR count). The lowest BCUT2D eigenvalue weighted by atomic mass is 9.98. The molecule has 0 atom stereocenters. The van der Waals surface area contributed by atoms with Crippen LogP contribution in [0.25, 0.3) is 5.57 Å². The molecule has 0 amide bonds. The largest absolute Gasteiger partial charge is 0.391 e. The number of nitriles is 1. The summed E-state index contributed by atoms with van der Waals surface area (Å²) in [4.78, 5) is 0. The van der Waals surface area contributed by atoms with Crippen molar-refractivity contribution in [3.05, 3.63) is 52.2 Å². The van der Waals surface area contributed by atoms with Crippen LogP contribution in [0.3, 0.4) is 0 Å². The monoisotopic (exact) mass is 288 g/mol. The smallest absolute Gasteiger partial charge is 0.101 e. The van der Waals surface area contributed by atoms with Crippen LogP contribution in [0.5, 0.6) is 0 Å². The lowest BCUT2D eigenvalue weighted by molar-refractivity contribution is 0.809. The molecule has 1 N–H and O–H groups in total. The molecule has 0 aliphatic carbocycles. The van der Waals surface area contributed by atoms with E-state index in [2.05, 4.69) is 38.2 Å². The van der Waals surface area contributed by atoms with Crippen LogP contribution in [0.15, 0.2) is 36.0 Å². The Kier molecular flexibility index (Phi) is 6.90. The molecule has 0 aliphatic heterocycles. The molecule has 0 saturated carbocycles. The van der Waals surface area contributed by atoms with Crippen molar-refractivity contribution >= 4 is 17.2 Å². The van der Waals surface area contributed by atoms with Crippen LogP contribution < -0.4 is 5.32 Å². The van der Waals surface area contributed by atoms with Crippen LogP contribution in [0, 0.1) is 11.3 Å². The molecule has 106 valence electrons. The molecule has 0 aliphatic rings. The first-order valence-electron chi connectivity index (χ1n) is 6.93. The fourth-order valence-corrected chi connectivity index (χ4v) is 2.04. The number of allylic oxidation sites excluding steroid dienone is 3. The lowest BCUT2D eigenvalue weighted by Crippen LogP contribution is -2.05. The topological polar surface area (TPSA) is 35.8 Å². The fraction of sp³-hybridized carbons (Fsp3) is 0.353. The highest BCUT2D eigenvalue weighted by molar-refractivity contribution is 6.31. The van der Waals surface area contributed by atoms with Crippen molar-refractivity contribution in [1.82, 2.24) is 5.32 Å². The number of halogens is 1. The summed E-state index contributed by atoms with van der Waals surface area (Å²) in [5, 5.41) is 12.7. The van der Waals surface area contributed by atoms with Gasteiger partial charge in [-0.05, 0) is 55.3 Å². The molecule has 1 aromatic carbocycles. The van der Waals surface area contributed by atoms with Crippen molar-refractivity contribution in [2.45, 2.75) is 33.6 Å². The minimum Gasteiger partial charge on any atom is -0.391 e. The minimum atomic E-state index is 0.501. The van der Waals surface area contributed by atoms with E-state index in [4.69, 9.17) is 16.9 Å². The summed E-state index contributed by atoms with van der Waals surface area (Å²) in [6.45, 7) is 7.35. The van der Waals surface area contributed by atoms with E-state index in [1.54, 1.807) is 6.07 Å². The maximum absolute atomic E-state index is 8.93. The van der Waals surface area contributed by atoms with Gasteiger partial charge in [-0.15, -0.1) is 0 Å². The van der Waals surface area contributed by atoms with E-state index >= 15 is 0 Å². The molecule has 0 radical (unpaired) electrons. The average molecular weight is 289 g/mol. The van der Waals surface area contributed by atoms with E-state index in [1.165, 1.54) is 5.57 Å². The van der Waals surface area contributed by atoms with E-state index < -0.39 is 0 Å². The third kappa shape index (κ3) is 4.43. The summed E-state index contributed by atoms with van der Waals surface area (Å²) in [6, 6.07) is 7.67. The molecule has 1 aromatic rings. The van der Waals surface area contributed by atoms with Crippen molar-refractivity contribution in [3.8, 4) is 6.07 Å². The second-order valence-corrected chi connectivity index (χ2v) is 5.05. The summed E-state index contributed by atoms with van der Waals surface area (Å²) < 4.78 is 0. The maximum Gasteiger partial charge on any atom is 0.101 e. The third-order valence-corrected chi connectivity index (χ3v) is 3.47. The van der Waals surface area contributed by atoms with E-state index in [-0.39, 0.29) is 0 Å². The summed E-state index contributed by atoms with van der Waals surface area (Å²) in [5.74, 6) is 0. The molecule has 20 heavy (non-hydrogen) atoms. The highest BCUT2D eigenvalue weighted by Crippen LogP contribution is 2.26. The molecular weight excluding hydrogens is 268 g/mol. The molecule has 0 heterocycles. The van der Waals surface area contributed by atoms with Crippen LogP contribution in [0.2, 0.25) is 5.02 Å². The normalized spacial score (nSPS) is 12.2. The highest BCUT2D eigenvalue weighted by atomic mass is 35.5. The van der Waals surface area contributed by atoms with Crippen LogP contribution in [-0.4, -0.2) is 6.54 Å². The van der Waals surface area contributed by atoms with E-state index in [0.717, 1.165) is 30.5 Å². The number of benzene rings is 1. The standard InChI is InChI=1S/C17H21ClN2/c1-4-9-20-10-8-16(13(3)5-2)14-6-7-15(12-19)17(18)11-14/h6-8,10-11,20H,4-5,9H2,1-3H3/b10-8-,16-13+. The van der Waals surface area contributed by atoms with Gasteiger partial charge in [-0.2, -0.15) is 5.26 Å². The Bertz CT molecular complexity index is 551. The SMILES string of the molecule is CCCN/C=C\C(=C(\C)CC)c1ccc(C#N)c(Cl)c1. The van der Waals surface area contributed by atoms with Gasteiger partial charge in [0.1, 0.15) is 6.07 Å². The number of rotatable bonds is 6. The number of hydrogen-bond donors (Lipinski definition) is 1. The lowest BCUT2D eigenvalue weighted by Gasteiger charge is -2.09. The summed E-state index contributed by atoms with van der Waals surface area (Å²) >= 11 is 6.12. The molecule has 0 fully saturated rings. The van der Waals surface area contributed by atoms with E-state index in [0.29, 0.717) is 10.6 Å². The van der Waals surface area contributed by atoms with Gasteiger partial charge in [0.15, 0.2) is 0 Å². The Labute approximate surface area is 126 Å². The van der Waals surface area contributed by atoms with Crippen LogP contribution in [0.4, 0.5) is 0 Å². The molecule has 0 saturated heterocycles. The Morgan fingerprint density at radius 1 is 1.40 bits per heavy atom. The van der Waals surface area contributed by atoms with Crippen LogP contribution >= 0.6 is 11.6 Å². The Hall–Kier alpha value is -1.72. The van der Waals surface area contributed by atoms with Gasteiger partial charge in [0.2, 0.25) is 0 Å². The second-order valence-electron chi connectivity index (χ2n) is 4.64. The Balaban J connectivity index is 3.10. The van der Waals surface area contributed by atoms with Gasteiger partial charge in [-0.3, -0.25) is 0 Å². The quantitative estimate of drug-likeness (QED) is 0.596. The van der Waals surface area contributed by atoms with Gasteiger partial charge in [0.25, 0.3) is 0 Å². The van der Waals surface area contributed by atoms with E-state index in [9.17, 15) is 0 Å². The van der Waals surface area contributed by atoms with Gasteiger partial charge in [-0.1, -0.05) is 37.1 Å². The van der Waals surface area contributed by atoms with Crippen molar-refractivity contribution in [3.63, 3.8) is 0 Å². The summed E-state index contributed by atoms with van der Waals surface area (Å²) in [6.07, 6.45) is 6.13. The first-order chi connectivity index (χ1) is 9.63. The number of nitrogens with one attached hydrogen (secondary N) is 1. The van der Waals surface area contributed by atoms with Gasteiger partial charge in [0.05, 0.1) is 10.6 Å². The molecule has 0 aromatic heterocycles. The van der Waals surface area contributed by atoms with Gasteiger partial charge < -0.3 is 5.32 Å². The average Bonchev–Trinajstić information content (AvgIpc) is 2.46. The molecule has 0 bridgehead atoms. The van der Waals surface area contributed by atoms with Gasteiger partial charge in [-0.25, -0.2) is 0 Å². The zero-order valence-corrected chi connectivity index (χ0v) is 13.1. The van der Waals surface area contributed by atoms with Crippen molar-refractivity contribution in [2.75, 3.05) is 6.54 Å². The van der Waals surface area contributed by atoms with Crippen molar-refractivity contribution in [1.29, 1.82) is 5.26 Å². The molecule has 3 heteroatoms. The molecule has 2 nitrogen and oxygen atoms in total. The highest BCUT2D eigenvalue weighted by Gasteiger charge is 2.06. The molecule has 0 spiro atoms. The summed E-state index contributed by atoms with van der Waals surface area (Å²) in [5.41, 5.74) is 4.00. The summed E-state index contributed by atoms with van der Waals surface area (Å²) in [7, 11) is 0. The predicted molar refractivity (Wildman–Crippen MR) is 86.5 cm³/mol. The second kappa shape index (κ2) is 8.45. The maximum atomic E-state index is 8.93. The zero-order valence-electron chi connectivity index (χ0n) is 12.3. The number of nitrogens with zero attached hydrogens (tertiary/aromatic N) is 1. The predicted octanol–water partition coefficient (Wildman–Crippen LogP) is 4.91. The number of hydrogen-bond acceptors (Lipinski definition) is 2. The Morgan fingerprint density at radius 2 is 2.15 bits per heavy atom. The van der Waals surface area contributed by atoms with Crippen LogP contribution in [-0.2, 0) is 0 Å². The molecule has 0 unspecified atom stereocenters. The first-order valence-corrected chi connectivity index (χ1v) is 7.31. The van der Waals surface area contributed by atoms with Crippen molar-refractivity contribution in [2.24, 2.45) is 0 Å². The van der Waals surface area contributed by atoms with Crippen LogP contribution in [0.1, 0.15) is 44.7 Å². The first kappa shape index (κ1) is 16.3. The van der Waals surface area contributed by atoms with Gasteiger partial charge >= 0.3 is 0 Å².